The summed E-state index contributed by atoms with van der Waals surface area (Å²) in [7, 11) is 1.29. The highest BCUT2D eigenvalue weighted by Gasteiger charge is 2.20. The maximum atomic E-state index is 12.8. The molecule has 0 aliphatic heterocycles. The van der Waals surface area contributed by atoms with E-state index in [2.05, 4.69) is 9.72 Å². The van der Waals surface area contributed by atoms with Crippen LogP contribution >= 0.6 is 11.6 Å². The molecule has 0 bridgehead atoms. The average Bonchev–Trinajstić information content (AvgIpc) is 2.29. The minimum absolute atomic E-state index is 0.0413. The number of esters is 1. The van der Waals surface area contributed by atoms with Gasteiger partial charge in [-0.15, -0.1) is 0 Å². The van der Waals surface area contributed by atoms with E-state index in [0.29, 0.717) is 0 Å². The lowest BCUT2D eigenvalue weighted by Crippen LogP contribution is -2.11. The molecule has 0 aromatic carbocycles. The van der Waals surface area contributed by atoms with Crippen LogP contribution in [-0.2, 0) is 16.0 Å². The number of hydrogen-bond donors (Lipinski definition) is 0. The molecule has 0 spiro atoms. The van der Waals surface area contributed by atoms with Crippen molar-refractivity contribution in [2.45, 2.75) is 19.8 Å². The van der Waals surface area contributed by atoms with Crippen LogP contribution in [0.3, 0.4) is 0 Å². The second kappa shape index (κ2) is 6.49. The van der Waals surface area contributed by atoms with Gasteiger partial charge in [0.05, 0.1) is 25.8 Å². The molecule has 1 aromatic heterocycles. The molecular weight excluding hydrogens is 268 g/mol. The Hall–Kier alpha value is -1.43. The van der Waals surface area contributed by atoms with Crippen LogP contribution in [-0.4, -0.2) is 24.7 Å². The number of aromatic nitrogens is 1. The molecule has 4 nitrogen and oxygen atoms in total. The third-order valence-corrected chi connectivity index (χ3v) is 2.40. The molecule has 18 heavy (non-hydrogen) atoms. The number of ether oxygens (including phenoxy) is 2. The lowest BCUT2D eigenvalue weighted by Gasteiger charge is -2.11. The van der Waals surface area contributed by atoms with Gasteiger partial charge < -0.3 is 9.47 Å². The first-order valence-corrected chi connectivity index (χ1v) is 5.54. The van der Waals surface area contributed by atoms with Crippen LogP contribution < -0.4 is 4.74 Å². The molecule has 1 aromatic rings. The second-order valence-corrected chi connectivity index (χ2v) is 3.66. The van der Waals surface area contributed by atoms with Gasteiger partial charge in [-0.05, 0) is 13.0 Å². The van der Waals surface area contributed by atoms with Crippen LogP contribution in [0.5, 0.6) is 5.75 Å². The van der Waals surface area contributed by atoms with Gasteiger partial charge in [-0.3, -0.25) is 4.79 Å². The van der Waals surface area contributed by atoms with Crippen LogP contribution in [0.1, 0.15) is 24.6 Å². The smallest absolute Gasteiger partial charge is 0.311 e. The molecule has 1 rings (SSSR count). The molecule has 100 valence electrons. The lowest BCUT2D eigenvalue weighted by molar-refractivity contribution is -0.142. The lowest BCUT2D eigenvalue weighted by atomic mass is 10.1. The summed E-state index contributed by atoms with van der Waals surface area (Å²) in [4.78, 5) is 15.0. The van der Waals surface area contributed by atoms with E-state index in [1.807, 2.05) is 0 Å². The third-order valence-electron chi connectivity index (χ3n) is 2.13. The number of hydrogen-bond acceptors (Lipinski definition) is 4. The maximum Gasteiger partial charge on any atom is 0.311 e. The van der Waals surface area contributed by atoms with Gasteiger partial charge >= 0.3 is 5.97 Å². The van der Waals surface area contributed by atoms with Crippen molar-refractivity contribution in [3.63, 3.8) is 0 Å². The topological polar surface area (TPSA) is 48.4 Å². The maximum absolute atomic E-state index is 12.8. The van der Waals surface area contributed by atoms with Crippen LogP contribution in [0.4, 0.5) is 8.78 Å². The normalized spacial score (nSPS) is 10.6. The zero-order valence-corrected chi connectivity index (χ0v) is 10.6. The summed E-state index contributed by atoms with van der Waals surface area (Å²) in [5.74, 6) is -0.590. The molecule has 0 fully saturated rings. The van der Waals surface area contributed by atoms with E-state index in [1.54, 1.807) is 6.92 Å². The van der Waals surface area contributed by atoms with E-state index in [9.17, 15) is 13.6 Å². The van der Waals surface area contributed by atoms with Crippen LogP contribution in [0.2, 0.25) is 5.15 Å². The highest BCUT2D eigenvalue weighted by Crippen LogP contribution is 2.30. The van der Waals surface area contributed by atoms with Gasteiger partial charge in [0.25, 0.3) is 6.43 Å². The summed E-state index contributed by atoms with van der Waals surface area (Å²) < 4.78 is 35.1. The fourth-order valence-corrected chi connectivity index (χ4v) is 1.58. The minimum atomic E-state index is -2.77. The van der Waals surface area contributed by atoms with Crippen molar-refractivity contribution in [3.8, 4) is 5.75 Å². The van der Waals surface area contributed by atoms with Gasteiger partial charge in [0.15, 0.2) is 10.9 Å². The Bertz CT molecular complexity index is 441. The Kier molecular flexibility index (Phi) is 5.27. The van der Waals surface area contributed by atoms with Crippen molar-refractivity contribution in [1.82, 2.24) is 4.98 Å². The summed E-state index contributed by atoms with van der Waals surface area (Å²) in [5, 5.41) is -0.0683. The van der Waals surface area contributed by atoms with Crippen LogP contribution in [0.15, 0.2) is 6.07 Å². The number of rotatable bonds is 5. The molecule has 0 saturated carbocycles. The van der Waals surface area contributed by atoms with Crippen molar-refractivity contribution in [3.05, 3.63) is 22.5 Å². The quantitative estimate of drug-likeness (QED) is 0.614. The van der Waals surface area contributed by atoms with Gasteiger partial charge in [-0.2, -0.15) is 0 Å². The van der Waals surface area contributed by atoms with Crippen LogP contribution in [0.25, 0.3) is 0 Å². The summed E-state index contributed by atoms with van der Waals surface area (Å²) in [6.07, 6.45) is -3.12. The Morgan fingerprint density at radius 2 is 2.22 bits per heavy atom. The first-order valence-electron chi connectivity index (χ1n) is 5.16. The first-order chi connectivity index (χ1) is 8.49. The van der Waals surface area contributed by atoms with Crippen molar-refractivity contribution >= 4 is 17.6 Å². The van der Waals surface area contributed by atoms with Gasteiger partial charge in [0, 0.05) is 5.56 Å². The highest BCUT2D eigenvalue weighted by atomic mass is 35.5. The molecule has 0 saturated heterocycles. The molecule has 1 heterocycles. The zero-order chi connectivity index (χ0) is 13.7. The Morgan fingerprint density at radius 1 is 1.56 bits per heavy atom. The molecular formula is C11H12ClF2NO3. The van der Waals surface area contributed by atoms with Gasteiger partial charge in [0.1, 0.15) is 0 Å². The van der Waals surface area contributed by atoms with Gasteiger partial charge in [-0.25, -0.2) is 13.8 Å². The number of carbonyl (C=O) groups is 1. The largest absolute Gasteiger partial charge is 0.494 e. The van der Waals surface area contributed by atoms with Crippen molar-refractivity contribution in [1.29, 1.82) is 0 Å². The fraction of sp³-hybridized carbons (Fsp3) is 0.455. The predicted molar refractivity (Wildman–Crippen MR) is 61.1 cm³/mol. The zero-order valence-electron chi connectivity index (χ0n) is 9.87. The Balaban J connectivity index is 3.09. The summed E-state index contributed by atoms with van der Waals surface area (Å²) in [5.41, 5.74) is -0.487. The Labute approximate surface area is 108 Å². The predicted octanol–water partition coefficient (Wildman–Crippen LogP) is 2.79. The Morgan fingerprint density at radius 3 is 2.72 bits per heavy atom. The number of carbonyl (C=O) groups excluding carboxylic acids is 1. The number of nitrogens with zero attached hydrogens (tertiary/aromatic N) is 1. The third kappa shape index (κ3) is 3.53. The standard InChI is InChI=1S/C11H12ClF2NO3/c1-3-18-9(16)5-7-6(11(13)14)4-8(17-2)10(12)15-7/h4,11H,3,5H2,1-2H3. The minimum Gasteiger partial charge on any atom is -0.494 e. The van der Waals surface area contributed by atoms with E-state index in [-0.39, 0.29) is 35.2 Å². The molecule has 0 N–H and O–H groups in total. The van der Waals surface area contributed by atoms with E-state index in [4.69, 9.17) is 16.3 Å². The van der Waals surface area contributed by atoms with E-state index in [0.717, 1.165) is 6.07 Å². The second-order valence-electron chi connectivity index (χ2n) is 3.30. The average molecular weight is 280 g/mol. The number of halogens is 3. The van der Waals surface area contributed by atoms with Gasteiger partial charge in [0.2, 0.25) is 0 Å². The van der Waals surface area contributed by atoms with Crippen LogP contribution in [0, 0.1) is 0 Å². The highest BCUT2D eigenvalue weighted by molar-refractivity contribution is 6.30. The molecule has 7 heteroatoms. The summed E-state index contributed by atoms with van der Waals surface area (Å²) in [6, 6.07) is 1.08. The monoisotopic (exact) mass is 279 g/mol. The van der Waals surface area contributed by atoms with E-state index >= 15 is 0 Å². The fourth-order valence-electron chi connectivity index (χ4n) is 1.34. The number of methoxy groups -OCH3 is 1. The van der Waals surface area contributed by atoms with E-state index in [1.165, 1.54) is 7.11 Å². The SMILES string of the molecule is CCOC(=O)Cc1nc(Cl)c(OC)cc1C(F)F. The van der Waals surface area contributed by atoms with Gasteiger partial charge in [-0.1, -0.05) is 11.6 Å². The molecule has 0 radical (unpaired) electrons. The molecule has 0 atom stereocenters. The first kappa shape index (κ1) is 14.6. The summed E-state index contributed by atoms with van der Waals surface area (Å²) >= 11 is 5.73. The van der Waals surface area contributed by atoms with Crippen molar-refractivity contribution in [2.75, 3.05) is 13.7 Å². The molecule has 0 amide bonds. The number of alkyl halides is 2. The number of pyridine rings is 1. The molecule has 0 unspecified atom stereocenters. The summed E-state index contributed by atoms with van der Waals surface area (Å²) in [6.45, 7) is 1.80. The van der Waals surface area contributed by atoms with Crippen molar-refractivity contribution < 1.29 is 23.0 Å². The van der Waals surface area contributed by atoms with Crippen molar-refractivity contribution in [2.24, 2.45) is 0 Å². The molecule has 0 aliphatic rings. The molecule has 0 aliphatic carbocycles. The van der Waals surface area contributed by atoms with E-state index < -0.39 is 12.4 Å².